The first kappa shape index (κ1) is 15.4. The average molecular weight is 371 g/mol. The van der Waals surface area contributed by atoms with Crippen molar-refractivity contribution in [2.45, 2.75) is 13.3 Å². The predicted octanol–water partition coefficient (Wildman–Crippen LogP) is 3.39. The molecule has 0 radical (unpaired) electrons. The summed E-state index contributed by atoms with van der Waals surface area (Å²) in [5.41, 5.74) is 11.1. The molecule has 1 amide bonds. The summed E-state index contributed by atoms with van der Waals surface area (Å²) < 4.78 is 0.921. The Morgan fingerprint density at radius 1 is 1.30 bits per heavy atom. The second-order valence-electron chi connectivity index (χ2n) is 5.36. The Morgan fingerprint density at radius 3 is 2.61 bits per heavy atom. The maximum Gasteiger partial charge on any atom is 0.250 e. The molecule has 1 aliphatic rings. The number of rotatable bonds is 3. The van der Waals surface area contributed by atoms with Gasteiger partial charge in [-0.3, -0.25) is 4.79 Å². The second-order valence-corrected chi connectivity index (χ2v) is 6.15. The highest BCUT2D eigenvalue weighted by atomic mass is 79.9. The van der Waals surface area contributed by atoms with Gasteiger partial charge in [-0.2, -0.15) is 0 Å². The van der Waals surface area contributed by atoms with Gasteiger partial charge in [-0.15, -0.1) is 0 Å². The van der Waals surface area contributed by atoms with Crippen molar-refractivity contribution < 1.29 is 4.79 Å². The summed E-state index contributed by atoms with van der Waals surface area (Å²) in [7, 11) is 0. The minimum absolute atomic E-state index is 0.186. The molecule has 0 aliphatic heterocycles. The summed E-state index contributed by atoms with van der Waals surface area (Å²) in [5, 5.41) is 2.79. The van der Waals surface area contributed by atoms with Crippen molar-refractivity contribution in [2.24, 2.45) is 0 Å². The number of fused-ring (bicyclic) bond motifs is 1. The van der Waals surface area contributed by atoms with Gasteiger partial charge in [-0.05, 0) is 46.1 Å². The molecule has 1 aromatic heterocycles. The van der Waals surface area contributed by atoms with Crippen molar-refractivity contribution in [2.75, 3.05) is 11.1 Å². The summed E-state index contributed by atoms with van der Waals surface area (Å²) in [6, 6.07) is 7.64. The van der Waals surface area contributed by atoms with Crippen LogP contribution in [0.5, 0.6) is 0 Å². The highest BCUT2D eigenvalue weighted by Gasteiger charge is 2.24. The third-order valence-electron chi connectivity index (χ3n) is 3.66. The van der Waals surface area contributed by atoms with Crippen LogP contribution in [-0.4, -0.2) is 15.9 Å². The van der Waals surface area contributed by atoms with Gasteiger partial charge >= 0.3 is 0 Å². The molecule has 0 bridgehead atoms. The van der Waals surface area contributed by atoms with Crippen LogP contribution in [0.15, 0.2) is 42.7 Å². The molecule has 23 heavy (non-hydrogen) atoms. The van der Waals surface area contributed by atoms with E-state index in [-0.39, 0.29) is 5.91 Å². The highest BCUT2D eigenvalue weighted by Crippen LogP contribution is 2.42. The zero-order chi connectivity index (χ0) is 16.6. The molecule has 1 aliphatic carbocycles. The molecule has 0 spiro atoms. The van der Waals surface area contributed by atoms with Crippen LogP contribution in [0.3, 0.4) is 0 Å². The quantitative estimate of drug-likeness (QED) is 0.811. The number of amides is 1. The number of nitrogen functional groups attached to an aromatic ring is 1. The molecule has 0 saturated carbocycles. The monoisotopic (exact) mass is 370 g/mol. The minimum atomic E-state index is -0.186. The summed E-state index contributed by atoms with van der Waals surface area (Å²) in [6.45, 7) is 5.30. The zero-order valence-electron chi connectivity index (χ0n) is 12.6. The standard InChI is InChI=1S/C17H15BrN4O/c1-9(2)17(23)22-11-5-3-10(4-6-11)12-7-13-14(15(12)18)16(19)21-8-20-13/h3-6,8H,1,7H2,2H3,(H,22,23)(H2,19,20,21). The van der Waals surface area contributed by atoms with Crippen molar-refractivity contribution in [3.8, 4) is 0 Å². The molecule has 1 aromatic carbocycles. The molecule has 3 rings (SSSR count). The van der Waals surface area contributed by atoms with Crippen molar-refractivity contribution in [3.05, 3.63) is 59.6 Å². The maximum absolute atomic E-state index is 11.6. The van der Waals surface area contributed by atoms with Gasteiger partial charge in [-0.1, -0.05) is 18.7 Å². The molecule has 1 heterocycles. The van der Waals surface area contributed by atoms with Crippen LogP contribution in [-0.2, 0) is 11.2 Å². The molecule has 116 valence electrons. The number of anilines is 2. The van der Waals surface area contributed by atoms with E-state index < -0.39 is 0 Å². The molecular formula is C17H15BrN4O. The van der Waals surface area contributed by atoms with E-state index in [2.05, 4.69) is 37.8 Å². The summed E-state index contributed by atoms with van der Waals surface area (Å²) in [5.74, 6) is 0.289. The van der Waals surface area contributed by atoms with Gasteiger partial charge in [0.1, 0.15) is 12.1 Å². The SMILES string of the molecule is C=C(C)C(=O)Nc1ccc(C2=C(Br)c3c(N)ncnc3C2)cc1. The number of carbonyl (C=O) groups is 1. The molecule has 0 unspecified atom stereocenters. The lowest BCUT2D eigenvalue weighted by atomic mass is 10.0. The fourth-order valence-corrected chi connectivity index (χ4v) is 3.23. The molecule has 0 atom stereocenters. The number of nitrogens with two attached hydrogens (primary N) is 1. The van der Waals surface area contributed by atoms with Gasteiger partial charge in [0.05, 0.1) is 11.3 Å². The molecular weight excluding hydrogens is 356 g/mol. The number of allylic oxidation sites excluding steroid dienone is 1. The Hall–Kier alpha value is -2.47. The number of nitrogens with one attached hydrogen (secondary N) is 1. The van der Waals surface area contributed by atoms with Gasteiger partial charge in [0.2, 0.25) is 0 Å². The fraction of sp³-hybridized carbons (Fsp3) is 0.118. The lowest BCUT2D eigenvalue weighted by Gasteiger charge is -2.07. The smallest absolute Gasteiger partial charge is 0.250 e. The average Bonchev–Trinajstić information content (AvgIpc) is 2.86. The summed E-state index contributed by atoms with van der Waals surface area (Å²) in [4.78, 5) is 20.0. The van der Waals surface area contributed by atoms with E-state index in [1.807, 2.05) is 24.3 Å². The van der Waals surface area contributed by atoms with Crippen molar-refractivity contribution in [3.63, 3.8) is 0 Å². The van der Waals surface area contributed by atoms with E-state index in [1.54, 1.807) is 6.92 Å². The normalized spacial score (nSPS) is 13.0. The van der Waals surface area contributed by atoms with E-state index in [0.29, 0.717) is 17.8 Å². The minimum Gasteiger partial charge on any atom is -0.383 e. The first-order chi connectivity index (χ1) is 11.0. The first-order valence-electron chi connectivity index (χ1n) is 7.03. The number of benzene rings is 1. The van der Waals surface area contributed by atoms with Crippen LogP contribution in [0.2, 0.25) is 0 Å². The topological polar surface area (TPSA) is 80.9 Å². The van der Waals surface area contributed by atoms with Crippen LogP contribution in [0.25, 0.3) is 10.1 Å². The van der Waals surface area contributed by atoms with E-state index in [9.17, 15) is 4.79 Å². The van der Waals surface area contributed by atoms with Gasteiger partial charge in [0, 0.05) is 22.2 Å². The third-order valence-corrected chi connectivity index (χ3v) is 4.54. The van der Waals surface area contributed by atoms with Crippen molar-refractivity contribution in [1.82, 2.24) is 9.97 Å². The Kier molecular flexibility index (Phi) is 4.00. The van der Waals surface area contributed by atoms with Crippen LogP contribution in [0.4, 0.5) is 11.5 Å². The Labute approximate surface area is 142 Å². The molecule has 3 N–H and O–H groups in total. The maximum atomic E-state index is 11.6. The van der Waals surface area contributed by atoms with Gasteiger partial charge < -0.3 is 11.1 Å². The Bertz CT molecular complexity index is 840. The van der Waals surface area contributed by atoms with E-state index in [0.717, 1.165) is 32.6 Å². The van der Waals surface area contributed by atoms with Crippen LogP contribution < -0.4 is 11.1 Å². The number of nitrogens with zero attached hydrogens (tertiary/aromatic N) is 2. The number of hydrogen-bond donors (Lipinski definition) is 2. The number of halogens is 1. The van der Waals surface area contributed by atoms with Gasteiger partial charge in [0.25, 0.3) is 5.91 Å². The lowest BCUT2D eigenvalue weighted by Crippen LogP contribution is -2.11. The summed E-state index contributed by atoms with van der Waals surface area (Å²) >= 11 is 3.61. The first-order valence-corrected chi connectivity index (χ1v) is 7.82. The van der Waals surface area contributed by atoms with Crippen molar-refractivity contribution >= 4 is 43.4 Å². The Morgan fingerprint density at radius 2 is 2.00 bits per heavy atom. The molecule has 0 saturated heterocycles. The molecule has 0 fully saturated rings. The van der Waals surface area contributed by atoms with Crippen LogP contribution in [0, 0.1) is 0 Å². The van der Waals surface area contributed by atoms with Gasteiger partial charge in [0.15, 0.2) is 0 Å². The van der Waals surface area contributed by atoms with Gasteiger partial charge in [-0.25, -0.2) is 9.97 Å². The van der Waals surface area contributed by atoms with Crippen molar-refractivity contribution in [1.29, 1.82) is 0 Å². The Balaban J connectivity index is 1.88. The van der Waals surface area contributed by atoms with Crippen LogP contribution >= 0.6 is 15.9 Å². The van der Waals surface area contributed by atoms with E-state index in [1.165, 1.54) is 6.33 Å². The second kappa shape index (κ2) is 5.96. The van der Waals surface area contributed by atoms with Crippen LogP contribution in [0.1, 0.15) is 23.7 Å². The number of aromatic nitrogens is 2. The fourth-order valence-electron chi connectivity index (χ4n) is 2.43. The number of carbonyl (C=O) groups excluding carboxylic acids is 1. The third kappa shape index (κ3) is 2.90. The lowest BCUT2D eigenvalue weighted by molar-refractivity contribution is -0.112. The summed E-state index contributed by atoms with van der Waals surface area (Å²) in [6.07, 6.45) is 2.17. The zero-order valence-corrected chi connectivity index (χ0v) is 14.1. The highest BCUT2D eigenvalue weighted by molar-refractivity contribution is 9.15. The number of hydrogen-bond acceptors (Lipinski definition) is 4. The van der Waals surface area contributed by atoms with E-state index >= 15 is 0 Å². The largest absolute Gasteiger partial charge is 0.383 e. The predicted molar refractivity (Wildman–Crippen MR) is 95.8 cm³/mol. The molecule has 2 aromatic rings. The molecule has 5 nitrogen and oxygen atoms in total. The van der Waals surface area contributed by atoms with E-state index in [4.69, 9.17) is 5.73 Å². The molecule has 6 heteroatoms.